The van der Waals surface area contributed by atoms with E-state index in [1.165, 1.54) is 5.56 Å². The van der Waals surface area contributed by atoms with Gasteiger partial charge in [-0.15, -0.1) is 0 Å². The number of rotatable bonds is 5. The fourth-order valence-electron chi connectivity index (χ4n) is 2.68. The van der Waals surface area contributed by atoms with Crippen LogP contribution in [-0.2, 0) is 4.79 Å². The minimum atomic E-state index is -0.615. The summed E-state index contributed by atoms with van der Waals surface area (Å²) in [6.45, 7) is 13.9. The lowest BCUT2D eigenvalue weighted by atomic mass is 9.85. The number of hydrazone groups is 1. The van der Waals surface area contributed by atoms with E-state index < -0.39 is 6.10 Å². The quantitative estimate of drug-likeness (QED) is 0.635. The van der Waals surface area contributed by atoms with Gasteiger partial charge in [0.1, 0.15) is 5.75 Å². The van der Waals surface area contributed by atoms with Crippen molar-refractivity contribution in [2.45, 2.75) is 53.6 Å². The van der Waals surface area contributed by atoms with Crippen LogP contribution in [0.5, 0.6) is 5.75 Å². The first kappa shape index (κ1) is 19.0. The van der Waals surface area contributed by atoms with Crippen molar-refractivity contribution >= 4 is 11.6 Å². The molecule has 0 heterocycles. The maximum atomic E-state index is 12.3. The van der Waals surface area contributed by atoms with Crippen LogP contribution >= 0.6 is 0 Å². The molecule has 1 N–H and O–H groups in total. The molecule has 2 unspecified atom stereocenters. The van der Waals surface area contributed by atoms with E-state index in [1.54, 1.807) is 6.92 Å². The predicted octanol–water partition coefficient (Wildman–Crippen LogP) is 4.48. The monoisotopic (exact) mass is 340 g/mol. The van der Waals surface area contributed by atoms with Gasteiger partial charge >= 0.3 is 0 Å². The Morgan fingerprint density at radius 3 is 2.68 bits per heavy atom. The van der Waals surface area contributed by atoms with Crippen molar-refractivity contribution in [1.82, 2.24) is 5.43 Å². The van der Waals surface area contributed by atoms with E-state index >= 15 is 0 Å². The first-order valence-corrected chi connectivity index (χ1v) is 8.70. The highest BCUT2D eigenvalue weighted by atomic mass is 16.5. The number of aryl methyl sites for hydroxylation is 2. The molecule has 0 radical (unpaired) electrons. The van der Waals surface area contributed by atoms with E-state index in [-0.39, 0.29) is 5.91 Å². The number of nitrogens with one attached hydrogen (secondary N) is 1. The van der Waals surface area contributed by atoms with Gasteiger partial charge in [0.25, 0.3) is 5.91 Å². The molecule has 1 aromatic rings. The lowest BCUT2D eigenvalue weighted by molar-refractivity contribution is -0.127. The molecule has 1 aliphatic rings. The highest BCUT2D eigenvalue weighted by Crippen LogP contribution is 2.26. The van der Waals surface area contributed by atoms with Gasteiger partial charge in [-0.2, -0.15) is 5.10 Å². The van der Waals surface area contributed by atoms with Gasteiger partial charge in [0.05, 0.1) is 5.71 Å². The minimum Gasteiger partial charge on any atom is -0.481 e. The van der Waals surface area contributed by atoms with Crippen molar-refractivity contribution in [3.8, 4) is 5.75 Å². The molecule has 0 aliphatic heterocycles. The lowest BCUT2D eigenvalue weighted by Gasteiger charge is -2.22. The Bertz CT molecular complexity index is 731. The third-order valence-corrected chi connectivity index (χ3v) is 4.76. The summed E-state index contributed by atoms with van der Waals surface area (Å²) >= 11 is 0. The Morgan fingerprint density at radius 1 is 1.32 bits per heavy atom. The predicted molar refractivity (Wildman–Crippen MR) is 103 cm³/mol. The van der Waals surface area contributed by atoms with Crippen LogP contribution in [0, 0.1) is 19.8 Å². The second-order valence-electron chi connectivity index (χ2n) is 6.91. The van der Waals surface area contributed by atoms with Gasteiger partial charge in [0.15, 0.2) is 6.10 Å². The zero-order chi connectivity index (χ0) is 18.6. The van der Waals surface area contributed by atoms with Crippen molar-refractivity contribution < 1.29 is 9.53 Å². The molecule has 2 rings (SSSR count). The molecule has 0 saturated carbocycles. The molecule has 0 spiro atoms. The molecule has 0 aromatic heterocycles. The van der Waals surface area contributed by atoms with E-state index in [2.05, 4.69) is 23.2 Å². The number of benzene rings is 1. The van der Waals surface area contributed by atoms with E-state index in [1.807, 2.05) is 45.9 Å². The zero-order valence-corrected chi connectivity index (χ0v) is 15.8. The molecule has 1 aliphatic carbocycles. The van der Waals surface area contributed by atoms with Crippen LogP contribution in [0.1, 0.15) is 44.7 Å². The molecule has 1 aromatic carbocycles. The zero-order valence-electron chi connectivity index (χ0n) is 15.8. The highest BCUT2D eigenvalue weighted by molar-refractivity contribution is 6.01. The fraction of sp³-hybridized carbons (Fsp3) is 0.429. The topological polar surface area (TPSA) is 50.7 Å². The normalized spacial score (nSPS) is 20.0. The molecule has 0 fully saturated rings. The van der Waals surface area contributed by atoms with E-state index in [9.17, 15) is 4.79 Å². The molecular formula is C21H28N2O2. The molecule has 4 nitrogen and oxygen atoms in total. The third kappa shape index (κ3) is 5.05. The van der Waals surface area contributed by atoms with Crippen LogP contribution in [0.25, 0.3) is 0 Å². The molecule has 0 saturated heterocycles. The van der Waals surface area contributed by atoms with Crippen LogP contribution in [-0.4, -0.2) is 17.7 Å². The first-order valence-electron chi connectivity index (χ1n) is 8.70. The third-order valence-electron chi connectivity index (χ3n) is 4.76. The number of hydrogen-bond acceptors (Lipinski definition) is 3. The lowest BCUT2D eigenvalue weighted by Crippen LogP contribution is -2.34. The minimum absolute atomic E-state index is 0.254. The summed E-state index contributed by atoms with van der Waals surface area (Å²) in [7, 11) is 0. The Kier molecular flexibility index (Phi) is 6.18. The van der Waals surface area contributed by atoms with E-state index in [0.29, 0.717) is 11.7 Å². The van der Waals surface area contributed by atoms with Gasteiger partial charge in [-0.3, -0.25) is 4.79 Å². The Hall–Kier alpha value is -2.36. The van der Waals surface area contributed by atoms with Crippen LogP contribution in [0.4, 0.5) is 0 Å². The number of amides is 1. The molecule has 134 valence electrons. The summed E-state index contributed by atoms with van der Waals surface area (Å²) in [6.07, 6.45) is 3.34. The van der Waals surface area contributed by atoms with E-state index in [0.717, 1.165) is 35.3 Å². The summed E-state index contributed by atoms with van der Waals surface area (Å²) in [6, 6.07) is 5.81. The highest BCUT2D eigenvalue weighted by Gasteiger charge is 2.20. The number of hydrogen-bond donors (Lipinski definition) is 1. The van der Waals surface area contributed by atoms with Crippen LogP contribution in [0.15, 0.2) is 47.1 Å². The second kappa shape index (κ2) is 8.15. The molecule has 2 atom stereocenters. The largest absolute Gasteiger partial charge is 0.481 e. The number of nitrogens with zero attached hydrogens (tertiary/aromatic N) is 1. The summed E-state index contributed by atoms with van der Waals surface area (Å²) in [4.78, 5) is 12.3. The summed E-state index contributed by atoms with van der Waals surface area (Å²) in [5, 5.41) is 4.32. The maximum Gasteiger partial charge on any atom is 0.280 e. The van der Waals surface area contributed by atoms with Crippen LogP contribution in [0.2, 0.25) is 0 Å². The standard InChI is InChI=1S/C21H28N2O2/c1-13(2)18-9-7-15(4)20(12-18)22-23-21(24)17(6)25-19-10-8-14(3)16(5)11-19/h7-8,10-11,17-18H,1,9,12H2,2-6H3,(H,23,24)/b22-20+. The molecule has 0 bridgehead atoms. The first-order chi connectivity index (χ1) is 11.8. The van der Waals surface area contributed by atoms with Crippen molar-refractivity contribution in [3.63, 3.8) is 0 Å². The average molecular weight is 340 g/mol. The summed E-state index contributed by atoms with van der Waals surface area (Å²) in [5.74, 6) is 0.828. The summed E-state index contributed by atoms with van der Waals surface area (Å²) in [5.41, 5.74) is 8.14. The van der Waals surface area contributed by atoms with Gasteiger partial charge in [-0.05, 0) is 82.2 Å². The van der Waals surface area contributed by atoms with Gasteiger partial charge in [0, 0.05) is 0 Å². The van der Waals surface area contributed by atoms with Gasteiger partial charge in [-0.25, -0.2) is 5.43 Å². The number of carbonyl (C=O) groups excluding carboxylic acids is 1. The number of ether oxygens (including phenoxy) is 1. The smallest absolute Gasteiger partial charge is 0.280 e. The van der Waals surface area contributed by atoms with Gasteiger partial charge in [-0.1, -0.05) is 24.3 Å². The number of carbonyl (C=O) groups is 1. The Labute approximate surface area is 150 Å². The van der Waals surface area contributed by atoms with Crippen molar-refractivity contribution in [1.29, 1.82) is 0 Å². The van der Waals surface area contributed by atoms with Crippen LogP contribution < -0.4 is 10.2 Å². The molecular weight excluding hydrogens is 312 g/mol. The molecule has 4 heteroatoms. The molecule has 1 amide bonds. The molecule has 25 heavy (non-hydrogen) atoms. The van der Waals surface area contributed by atoms with E-state index in [4.69, 9.17) is 4.74 Å². The second-order valence-corrected chi connectivity index (χ2v) is 6.91. The van der Waals surface area contributed by atoms with Crippen molar-refractivity contribution in [2.24, 2.45) is 11.0 Å². The Morgan fingerprint density at radius 2 is 2.04 bits per heavy atom. The van der Waals surface area contributed by atoms with Gasteiger partial charge < -0.3 is 4.74 Å². The van der Waals surface area contributed by atoms with Gasteiger partial charge in [0.2, 0.25) is 0 Å². The number of allylic oxidation sites excluding steroid dienone is 3. The van der Waals surface area contributed by atoms with Crippen molar-refractivity contribution in [2.75, 3.05) is 0 Å². The fourth-order valence-corrected chi connectivity index (χ4v) is 2.68. The maximum absolute atomic E-state index is 12.3. The average Bonchev–Trinajstić information content (AvgIpc) is 2.56. The summed E-state index contributed by atoms with van der Waals surface area (Å²) < 4.78 is 5.73. The SMILES string of the molecule is C=C(C)C1CC=C(C)/C(=N/NC(=O)C(C)Oc2ccc(C)c(C)c2)C1. The Balaban J connectivity index is 1.98. The van der Waals surface area contributed by atoms with Crippen molar-refractivity contribution in [3.05, 3.63) is 53.1 Å². The van der Waals surface area contributed by atoms with Crippen LogP contribution in [0.3, 0.4) is 0 Å².